The predicted octanol–water partition coefficient (Wildman–Crippen LogP) is 1.63. The van der Waals surface area contributed by atoms with Gasteiger partial charge in [0, 0.05) is 12.5 Å². The predicted molar refractivity (Wildman–Crippen MR) is 62.7 cm³/mol. The van der Waals surface area contributed by atoms with Gasteiger partial charge in [-0.15, -0.1) is 0 Å². The van der Waals surface area contributed by atoms with Crippen molar-refractivity contribution >= 4 is 11.6 Å². The number of rotatable bonds is 3. The quantitative estimate of drug-likeness (QED) is 0.902. The molecular formula is C11H13ClN4O. The molecule has 1 N–H and O–H groups in total. The third-order valence-corrected chi connectivity index (χ3v) is 3.20. The Morgan fingerprint density at radius 1 is 1.53 bits per heavy atom. The molecule has 0 amide bonds. The maximum atomic E-state index is 5.72. The Bertz CT molecular complexity index is 507. The van der Waals surface area contributed by atoms with E-state index < -0.39 is 0 Å². The standard InChI is InChI=1S/C11H13ClN4O/c12-10-3-2-9(17-10)5-13-8-1-4-11-14-7-15-16(11)6-8/h2-3,7-8,13H,1,4-6H2/t8-/m1/s1. The smallest absolute Gasteiger partial charge is 0.193 e. The maximum Gasteiger partial charge on any atom is 0.193 e. The molecule has 0 radical (unpaired) electrons. The van der Waals surface area contributed by atoms with Gasteiger partial charge in [-0.2, -0.15) is 5.10 Å². The molecule has 1 aliphatic heterocycles. The summed E-state index contributed by atoms with van der Waals surface area (Å²) in [4.78, 5) is 4.20. The van der Waals surface area contributed by atoms with E-state index in [1.54, 1.807) is 12.4 Å². The second kappa shape index (κ2) is 4.50. The summed E-state index contributed by atoms with van der Waals surface area (Å²) in [5.74, 6) is 1.93. The van der Waals surface area contributed by atoms with Gasteiger partial charge < -0.3 is 9.73 Å². The third-order valence-electron chi connectivity index (χ3n) is 3.00. The van der Waals surface area contributed by atoms with Gasteiger partial charge in [0.25, 0.3) is 0 Å². The lowest BCUT2D eigenvalue weighted by Crippen LogP contribution is -2.37. The SMILES string of the molecule is Clc1ccc(CN[C@@H]2CCc3ncnn3C2)o1. The molecule has 0 bridgehead atoms. The van der Waals surface area contributed by atoms with Crippen LogP contribution in [0.4, 0.5) is 0 Å². The molecule has 2 aromatic heterocycles. The van der Waals surface area contributed by atoms with Gasteiger partial charge in [0.1, 0.15) is 17.9 Å². The number of fused-ring (bicyclic) bond motifs is 1. The van der Waals surface area contributed by atoms with Crippen molar-refractivity contribution in [1.82, 2.24) is 20.1 Å². The van der Waals surface area contributed by atoms with Gasteiger partial charge in [0.15, 0.2) is 5.22 Å². The summed E-state index contributed by atoms with van der Waals surface area (Å²) in [6.07, 6.45) is 3.66. The molecule has 1 aliphatic rings. The highest BCUT2D eigenvalue weighted by Crippen LogP contribution is 2.15. The zero-order chi connectivity index (χ0) is 11.7. The van der Waals surface area contributed by atoms with E-state index in [2.05, 4.69) is 15.4 Å². The number of aryl methyl sites for hydroxylation is 1. The van der Waals surface area contributed by atoms with Crippen LogP contribution >= 0.6 is 11.6 Å². The first-order valence-corrected chi connectivity index (χ1v) is 6.03. The average Bonchev–Trinajstić information content (AvgIpc) is 2.94. The van der Waals surface area contributed by atoms with Gasteiger partial charge in [-0.3, -0.25) is 0 Å². The molecule has 6 heteroatoms. The van der Waals surface area contributed by atoms with Crippen LogP contribution in [0.15, 0.2) is 22.9 Å². The van der Waals surface area contributed by atoms with Gasteiger partial charge in [0.2, 0.25) is 0 Å². The van der Waals surface area contributed by atoms with Crippen molar-refractivity contribution in [2.75, 3.05) is 0 Å². The Morgan fingerprint density at radius 3 is 3.29 bits per heavy atom. The Labute approximate surface area is 104 Å². The maximum absolute atomic E-state index is 5.72. The van der Waals surface area contributed by atoms with Crippen molar-refractivity contribution in [3.63, 3.8) is 0 Å². The van der Waals surface area contributed by atoms with Crippen molar-refractivity contribution in [3.05, 3.63) is 35.3 Å². The van der Waals surface area contributed by atoms with Crippen molar-refractivity contribution in [3.8, 4) is 0 Å². The van der Waals surface area contributed by atoms with Gasteiger partial charge >= 0.3 is 0 Å². The molecule has 3 heterocycles. The van der Waals surface area contributed by atoms with E-state index in [0.717, 1.165) is 31.0 Å². The normalized spacial score (nSPS) is 19.2. The molecule has 5 nitrogen and oxygen atoms in total. The van der Waals surface area contributed by atoms with Crippen LogP contribution in [-0.4, -0.2) is 20.8 Å². The molecule has 0 fully saturated rings. The number of nitrogens with zero attached hydrogens (tertiary/aromatic N) is 3. The molecule has 0 aliphatic carbocycles. The van der Waals surface area contributed by atoms with Crippen molar-refractivity contribution in [2.24, 2.45) is 0 Å². The highest BCUT2D eigenvalue weighted by molar-refractivity contribution is 6.28. The van der Waals surface area contributed by atoms with Crippen LogP contribution in [0.3, 0.4) is 0 Å². The Kier molecular flexibility index (Phi) is 2.86. The first-order valence-electron chi connectivity index (χ1n) is 5.65. The molecule has 17 heavy (non-hydrogen) atoms. The number of halogens is 1. The van der Waals surface area contributed by atoms with E-state index in [9.17, 15) is 0 Å². The fourth-order valence-electron chi connectivity index (χ4n) is 2.10. The van der Waals surface area contributed by atoms with Crippen LogP contribution in [0.2, 0.25) is 5.22 Å². The largest absolute Gasteiger partial charge is 0.448 e. The van der Waals surface area contributed by atoms with Crippen LogP contribution < -0.4 is 5.32 Å². The first kappa shape index (κ1) is 10.8. The minimum atomic E-state index is 0.410. The first-order chi connectivity index (χ1) is 8.31. The fourth-order valence-corrected chi connectivity index (χ4v) is 2.26. The minimum Gasteiger partial charge on any atom is -0.448 e. The van der Waals surface area contributed by atoms with Crippen LogP contribution in [0.5, 0.6) is 0 Å². The topological polar surface area (TPSA) is 55.9 Å². The molecule has 0 unspecified atom stereocenters. The summed E-state index contributed by atoms with van der Waals surface area (Å²) < 4.78 is 7.25. The van der Waals surface area contributed by atoms with Gasteiger partial charge in [-0.1, -0.05) is 0 Å². The lowest BCUT2D eigenvalue weighted by molar-refractivity contribution is 0.345. The molecule has 0 aromatic carbocycles. The van der Waals surface area contributed by atoms with Crippen LogP contribution in [0.25, 0.3) is 0 Å². The van der Waals surface area contributed by atoms with E-state index in [1.165, 1.54) is 0 Å². The zero-order valence-electron chi connectivity index (χ0n) is 9.27. The van der Waals surface area contributed by atoms with Gasteiger partial charge in [0.05, 0.1) is 13.1 Å². The zero-order valence-corrected chi connectivity index (χ0v) is 10.0. The lowest BCUT2D eigenvalue weighted by atomic mass is 10.1. The molecule has 1 atom stereocenters. The molecule has 90 valence electrons. The molecule has 0 saturated carbocycles. The summed E-state index contributed by atoms with van der Waals surface area (Å²) in [6.45, 7) is 1.56. The summed E-state index contributed by atoms with van der Waals surface area (Å²) in [5.41, 5.74) is 0. The summed E-state index contributed by atoms with van der Waals surface area (Å²) in [6, 6.07) is 4.06. The monoisotopic (exact) mass is 252 g/mol. The second-order valence-electron chi connectivity index (χ2n) is 4.18. The fraction of sp³-hybridized carbons (Fsp3) is 0.455. The highest BCUT2D eigenvalue weighted by atomic mass is 35.5. The van der Waals surface area contributed by atoms with Crippen molar-refractivity contribution in [2.45, 2.75) is 32.0 Å². The van der Waals surface area contributed by atoms with E-state index in [-0.39, 0.29) is 0 Å². The Morgan fingerprint density at radius 2 is 2.47 bits per heavy atom. The number of furan rings is 1. The van der Waals surface area contributed by atoms with Crippen molar-refractivity contribution < 1.29 is 4.42 Å². The van der Waals surface area contributed by atoms with Crippen LogP contribution in [0, 0.1) is 0 Å². The van der Waals surface area contributed by atoms with Crippen molar-refractivity contribution in [1.29, 1.82) is 0 Å². The number of hydrogen-bond acceptors (Lipinski definition) is 4. The minimum absolute atomic E-state index is 0.410. The average molecular weight is 253 g/mol. The summed E-state index contributed by atoms with van der Waals surface area (Å²) in [5, 5.41) is 8.06. The lowest BCUT2D eigenvalue weighted by Gasteiger charge is -2.23. The molecule has 0 saturated heterocycles. The van der Waals surface area contributed by atoms with E-state index >= 15 is 0 Å². The highest BCUT2D eigenvalue weighted by Gasteiger charge is 2.19. The van der Waals surface area contributed by atoms with Crippen LogP contribution in [-0.2, 0) is 19.5 Å². The summed E-state index contributed by atoms with van der Waals surface area (Å²) in [7, 11) is 0. The van der Waals surface area contributed by atoms with Gasteiger partial charge in [-0.25, -0.2) is 9.67 Å². The molecule has 0 spiro atoms. The number of aromatic nitrogens is 3. The number of hydrogen-bond donors (Lipinski definition) is 1. The van der Waals surface area contributed by atoms with E-state index in [1.807, 2.05) is 10.7 Å². The summed E-state index contributed by atoms with van der Waals surface area (Å²) >= 11 is 5.72. The van der Waals surface area contributed by atoms with Gasteiger partial charge in [-0.05, 0) is 30.2 Å². The number of nitrogens with one attached hydrogen (secondary N) is 1. The van der Waals surface area contributed by atoms with E-state index in [0.29, 0.717) is 17.8 Å². The molecule has 3 rings (SSSR count). The molecular weight excluding hydrogens is 240 g/mol. The Balaban J connectivity index is 1.57. The van der Waals surface area contributed by atoms with E-state index in [4.69, 9.17) is 16.0 Å². The second-order valence-corrected chi connectivity index (χ2v) is 4.55. The molecule has 2 aromatic rings. The third kappa shape index (κ3) is 2.35. The Hall–Kier alpha value is -1.33. The van der Waals surface area contributed by atoms with Crippen LogP contribution in [0.1, 0.15) is 18.0 Å².